The summed E-state index contributed by atoms with van der Waals surface area (Å²) in [4.78, 5) is 23.9. The summed E-state index contributed by atoms with van der Waals surface area (Å²) in [6.07, 6.45) is 0.807. The van der Waals surface area contributed by atoms with Crippen LogP contribution in [0.15, 0.2) is 6.07 Å². The van der Waals surface area contributed by atoms with Crippen LogP contribution in [0.2, 0.25) is 0 Å². The Labute approximate surface area is 147 Å². The molecule has 2 rings (SSSR count). The van der Waals surface area contributed by atoms with Gasteiger partial charge < -0.3 is 10.1 Å². The van der Waals surface area contributed by atoms with Crippen LogP contribution in [-0.2, 0) is 31.4 Å². The topological polar surface area (TPSA) is 111 Å². The monoisotopic (exact) mass is 372 g/mol. The molecule has 1 aliphatic rings. The van der Waals surface area contributed by atoms with E-state index in [1.54, 1.807) is 27.0 Å². The average molecular weight is 372 g/mol. The molecular weight excluding hydrogens is 348 g/mol. The van der Waals surface area contributed by atoms with Gasteiger partial charge in [0.1, 0.15) is 5.82 Å². The number of nitrogens with zero attached hydrogens (tertiary/aromatic N) is 3. The number of ether oxygens (including phenoxy) is 1. The molecule has 25 heavy (non-hydrogen) atoms. The zero-order valence-electron chi connectivity index (χ0n) is 14.7. The summed E-state index contributed by atoms with van der Waals surface area (Å²) in [6.45, 7) is 3.63. The first-order valence-corrected chi connectivity index (χ1v) is 9.78. The molecule has 10 heteroatoms. The molecule has 1 fully saturated rings. The molecule has 0 radical (unpaired) electrons. The highest BCUT2D eigenvalue weighted by Crippen LogP contribution is 2.21. The Balaban J connectivity index is 1.77. The summed E-state index contributed by atoms with van der Waals surface area (Å²) in [5, 5.41) is 6.73. The third-order valence-corrected chi connectivity index (χ3v) is 6.04. The van der Waals surface area contributed by atoms with E-state index in [9.17, 15) is 18.0 Å². The normalized spacial score (nSPS) is 16.6. The molecular formula is C15H24N4O5S. The van der Waals surface area contributed by atoms with Gasteiger partial charge in [-0.3, -0.25) is 14.3 Å². The molecule has 0 spiro atoms. The van der Waals surface area contributed by atoms with Crippen LogP contribution in [0.3, 0.4) is 0 Å². The smallest absolute Gasteiger partial charge is 0.309 e. The van der Waals surface area contributed by atoms with Gasteiger partial charge in [0.05, 0.1) is 17.4 Å². The number of esters is 1. The molecule has 2 heterocycles. The van der Waals surface area contributed by atoms with E-state index in [0.717, 1.165) is 5.69 Å². The Morgan fingerprint density at radius 1 is 1.36 bits per heavy atom. The first-order valence-electron chi connectivity index (χ1n) is 8.18. The lowest BCUT2D eigenvalue weighted by molar-refractivity contribution is -0.152. The average Bonchev–Trinajstić information content (AvgIpc) is 2.90. The number of sulfonamides is 1. The lowest BCUT2D eigenvalue weighted by Gasteiger charge is -2.29. The van der Waals surface area contributed by atoms with E-state index in [-0.39, 0.29) is 18.3 Å². The molecule has 1 aliphatic heterocycles. The maximum atomic E-state index is 12.1. The van der Waals surface area contributed by atoms with Crippen LogP contribution in [0.1, 0.15) is 25.5 Å². The Bertz CT molecular complexity index is 735. The quantitative estimate of drug-likeness (QED) is 0.718. The van der Waals surface area contributed by atoms with Crippen molar-refractivity contribution in [2.45, 2.75) is 26.7 Å². The van der Waals surface area contributed by atoms with Crippen LogP contribution in [0.4, 0.5) is 5.82 Å². The lowest BCUT2D eigenvalue weighted by Crippen LogP contribution is -2.41. The predicted octanol–water partition coefficient (Wildman–Crippen LogP) is 0.272. The van der Waals surface area contributed by atoms with Gasteiger partial charge in [-0.25, -0.2) is 12.7 Å². The summed E-state index contributed by atoms with van der Waals surface area (Å²) >= 11 is 0. The van der Waals surface area contributed by atoms with Gasteiger partial charge in [-0.1, -0.05) is 0 Å². The molecule has 1 N–H and O–H groups in total. The fourth-order valence-electron chi connectivity index (χ4n) is 2.71. The van der Waals surface area contributed by atoms with E-state index in [1.807, 2.05) is 0 Å². The van der Waals surface area contributed by atoms with Crippen molar-refractivity contribution in [3.8, 4) is 0 Å². The number of anilines is 1. The van der Waals surface area contributed by atoms with E-state index in [2.05, 4.69) is 10.4 Å². The molecule has 1 aromatic rings. The van der Waals surface area contributed by atoms with Gasteiger partial charge in [0.15, 0.2) is 6.61 Å². The van der Waals surface area contributed by atoms with Crippen molar-refractivity contribution in [2.75, 3.05) is 30.8 Å². The molecule has 0 unspecified atom stereocenters. The van der Waals surface area contributed by atoms with Gasteiger partial charge in [0.2, 0.25) is 10.0 Å². The van der Waals surface area contributed by atoms with Crippen molar-refractivity contribution in [3.05, 3.63) is 11.8 Å². The van der Waals surface area contributed by atoms with Gasteiger partial charge in [-0.2, -0.15) is 5.10 Å². The number of carbonyl (C=O) groups excluding carboxylic acids is 2. The minimum atomic E-state index is -3.22. The fraction of sp³-hybridized carbons (Fsp3) is 0.667. The van der Waals surface area contributed by atoms with Crippen LogP contribution in [-0.4, -0.2) is 59.8 Å². The van der Waals surface area contributed by atoms with Crippen LogP contribution in [0.5, 0.6) is 0 Å². The number of rotatable bonds is 6. The van der Waals surface area contributed by atoms with Crippen LogP contribution < -0.4 is 5.32 Å². The molecule has 1 saturated heterocycles. The van der Waals surface area contributed by atoms with Gasteiger partial charge >= 0.3 is 5.97 Å². The summed E-state index contributed by atoms with van der Waals surface area (Å²) < 4.78 is 31.6. The van der Waals surface area contributed by atoms with Crippen molar-refractivity contribution in [1.29, 1.82) is 0 Å². The minimum absolute atomic E-state index is 0.0514. The second-order valence-corrected chi connectivity index (χ2v) is 8.28. The molecule has 0 bridgehead atoms. The molecule has 0 aliphatic carbocycles. The molecule has 0 atom stereocenters. The number of aryl methyl sites for hydroxylation is 2. The van der Waals surface area contributed by atoms with Gasteiger partial charge in [-0.15, -0.1) is 0 Å². The van der Waals surface area contributed by atoms with Crippen molar-refractivity contribution >= 4 is 27.7 Å². The summed E-state index contributed by atoms with van der Waals surface area (Å²) in [6, 6.07) is 1.71. The number of nitrogens with one attached hydrogen (secondary N) is 1. The number of piperidine rings is 1. The number of aromatic nitrogens is 2. The predicted molar refractivity (Wildman–Crippen MR) is 91.3 cm³/mol. The number of hydrogen-bond acceptors (Lipinski definition) is 6. The third kappa shape index (κ3) is 5.02. The Morgan fingerprint density at radius 3 is 2.52 bits per heavy atom. The minimum Gasteiger partial charge on any atom is -0.455 e. The van der Waals surface area contributed by atoms with E-state index in [1.165, 1.54) is 8.99 Å². The highest BCUT2D eigenvalue weighted by atomic mass is 32.2. The zero-order valence-corrected chi connectivity index (χ0v) is 15.5. The zero-order chi connectivity index (χ0) is 18.6. The number of amides is 1. The number of carbonyl (C=O) groups is 2. The fourth-order valence-corrected chi connectivity index (χ4v) is 3.85. The molecule has 0 saturated carbocycles. The van der Waals surface area contributed by atoms with Crippen LogP contribution in [0, 0.1) is 12.8 Å². The molecule has 9 nitrogen and oxygen atoms in total. The Kier molecular flexibility index (Phi) is 6.17. The number of hydrogen-bond donors (Lipinski definition) is 1. The van der Waals surface area contributed by atoms with Crippen LogP contribution in [0.25, 0.3) is 0 Å². The van der Waals surface area contributed by atoms with Crippen molar-refractivity contribution in [2.24, 2.45) is 13.0 Å². The van der Waals surface area contributed by atoms with Crippen molar-refractivity contribution in [1.82, 2.24) is 14.1 Å². The second-order valence-electron chi connectivity index (χ2n) is 6.02. The standard InChI is InChI=1S/C15H24N4O5S/c1-4-25(22,23)19-7-5-12(6-8-19)15(21)24-10-14(20)16-13-9-11(2)17-18(13)3/h9,12H,4-8,10H2,1-3H3,(H,16,20). The third-order valence-electron chi connectivity index (χ3n) is 4.16. The second kappa shape index (κ2) is 7.96. The highest BCUT2D eigenvalue weighted by Gasteiger charge is 2.31. The first kappa shape index (κ1) is 19.4. The maximum absolute atomic E-state index is 12.1. The van der Waals surface area contributed by atoms with Crippen LogP contribution >= 0.6 is 0 Å². The molecule has 140 valence electrons. The first-order chi connectivity index (χ1) is 11.7. The van der Waals surface area contributed by atoms with Gasteiger partial charge in [0, 0.05) is 26.2 Å². The molecule has 1 amide bonds. The van der Waals surface area contributed by atoms with Gasteiger partial charge in [0.25, 0.3) is 5.91 Å². The summed E-state index contributed by atoms with van der Waals surface area (Å²) in [5.41, 5.74) is 0.767. The molecule has 0 aromatic carbocycles. The highest BCUT2D eigenvalue weighted by molar-refractivity contribution is 7.89. The summed E-state index contributed by atoms with van der Waals surface area (Å²) in [5.74, 6) is -0.714. The van der Waals surface area contributed by atoms with E-state index >= 15 is 0 Å². The van der Waals surface area contributed by atoms with E-state index < -0.39 is 21.9 Å². The van der Waals surface area contributed by atoms with E-state index in [0.29, 0.717) is 31.7 Å². The Hall–Kier alpha value is -1.94. The maximum Gasteiger partial charge on any atom is 0.309 e. The van der Waals surface area contributed by atoms with Crippen molar-refractivity contribution in [3.63, 3.8) is 0 Å². The van der Waals surface area contributed by atoms with Gasteiger partial charge in [-0.05, 0) is 26.7 Å². The Morgan fingerprint density at radius 2 is 2.00 bits per heavy atom. The lowest BCUT2D eigenvalue weighted by atomic mass is 9.98. The summed E-state index contributed by atoms with van der Waals surface area (Å²) in [7, 11) is -1.52. The largest absolute Gasteiger partial charge is 0.455 e. The van der Waals surface area contributed by atoms with E-state index in [4.69, 9.17) is 4.74 Å². The SMILES string of the molecule is CCS(=O)(=O)N1CCC(C(=O)OCC(=O)Nc2cc(C)nn2C)CC1. The molecule has 1 aromatic heterocycles. The van der Waals surface area contributed by atoms with Crippen molar-refractivity contribution < 1.29 is 22.7 Å².